The van der Waals surface area contributed by atoms with E-state index in [9.17, 15) is 9.59 Å². The van der Waals surface area contributed by atoms with Gasteiger partial charge >= 0.3 is 0 Å². The maximum absolute atomic E-state index is 13.6. The van der Waals surface area contributed by atoms with E-state index in [4.69, 9.17) is 9.47 Å². The lowest BCUT2D eigenvalue weighted by Gasteiger charge is -2.33. The van der Waals surface area contributed by atoms with Gasteiger partial charge in [-0.1, -0.05) is 26.0 Å². The third-order valence-corrected chi connectivity index (χ3v) is 5.92. The number of hydrogen-bond donors (Lipinski definition) is 0. The fraction of sp³-hybridized carbons (Fsp3) is 0.500. The van der Waals surface area contributed by atoms with Crippen molar-refractivity contribution in [3.8, 4) is 11.6 Å². The van der Waals surface area contributed by atoms with Crippen LogP contribution in [0.2, 0.25) is 0 Å². The van der Waals surface area contributed by atoms with Crippen molar-refractivity contribution in [2.24, 2.45) is 5.92 Å². The summed E-state index contributed by atoms with van der Waals surface area (Å²) in [5.41, 5.74) is 1.11. The molecule has 2 heterocycles. The summed E-state index contributed by atoms with van der Waals surface area (Å²) in [6.45, 7) is 5.90. The van der Waals surface area contributed by atoms with Crippen LogP contribution in [-0.4, -0.2) is 66.5 Å². The highest BCUT2D eigenvalue weighted by Crippen LogP contribution is 2.24. The zero-order valence-corrected chi connectivity index (χ0v) is 20.1. The molecule has 0 unspecified atom stereocenters. The Kier molecular flexibility index (Phi) is 8.69. The van der Waals surface area contributed by atoms with Gasteiger partial charge in [0.2, 0.25) is 5.88 Å². The maximum atomic E-state index is 13.6. The molecule has 0 radical (unpaired) electrons. The largest absolute Gasteiger partial charge is 0.491 e. The third kappa shape index (κ3) is 6.46. The monoisotopic (exact) mass is 453 g/mol. The molecular weight excluding hydrogens is 418 g/mol. The number of amides is 2. The van der Waals surface area contributed by atoms with Crippen molar-refractivity contribution < 1.29 is 19.1 Å². The second-order valence-corrected chi connectivity index (χ2v) is 8.96. The zero-order valence-electron chi connectivity index (χ0n) is 20.1. The first kappa shape index (κ1) is 24.6. The van der Waals surface area contributed by atoms with Crippen molar-refractivity contribution in [2.75, 3.05) is 33.9 Å². The first-order chi connectivity index (χ1) is 15.9. The molecule has 7 nitrogen and oxygen atoms in total. The van der Waals surface area contributed by atoms with Gasteiger partial charge in [0.25, 0.3) is 11.8 Å². The average molecular weight is 454 g/mol. The minimum Gasteiger partial charge on any atom is -0.491 e. The summed E-state index contributed by atoms with van der Waals surface area (Å²) in [6.07, 6.45) is 5.06. The molecule has 1 aromatic heterocycles. The lowest BCUT2D eigenvalue weighted by atomic mass is 10.0. The van der Waals surface area contributed by atoms with E-state index in [0.29, 0.717) is 48.4 Å². The number of pyridine rings is 1. The van der Waals surface area contributed by atoms with E-state index in [0.717, 1.165) is 25.7 Å². The van der Waals surface area contributed by atoms with Gasteiger partial charge < -0.3 is 19.3 Å². The van der Waals surface area contributed by atoms with Crippen LogP contribution < -0.4 is 9.47 Å². The molecule has 178 valence electrons. The van der Waals surface area contributed by atoms with E-state index in [1.807, 2.05) is 30.1 Å². The van der Waals surface area contributed by atoms with Gasteiger partial charge in [0.1, 0.15) is 12.4 Å². The van der Waals surface area contributed by atoms with Crippen LogP contribution in [0.15, 0.2) is 42.6 Å². The van der Waals surface area contributed by atoms with Crippen LogP contribution in [0.5, 0.6) is 11.6 Å². The summed E-state index contributed by atoms with van der Waals surface area (Å²) in [4.78, 5) is 34.4. The molecule has 0 N–H and O–H groups in total. The van der Waals surface area contributed by atoms with E-state index in [1.165, 1.54) is 0 Å². The predicted molar refractivity (Wildman–Crippen MR) is 128 cm³/mol. The lowest BCUT2D eigenvalue weighted by molar-refractivity contribution is 0.0572. The Morgan fingerprint density at radius 1 is 1.18 bits per heavy atom. The summed E-state index contributed by atoms with van der Waals surface area (Å²) in [5, 5.41) is 0. The molecule has 0 spiro atoms. The highest BCUT2D eigenvalue weighted by molar-refractivity contribution is 5.97. The fourth-order valence-electron chi connectivity index (χ4n) is 4.17. The Morgan fingerprint density at radius 3 is 2.70 bits per heavy atom. The van der Waals surface area contributed by atoms with Gasteiger partial charge in [-0.25, -0.2) is 4.98 Å². The smallest absolute Gasteiger partial charge is 0.257 e. The van der Waals surface area contributed by atoms with Gasteiger partial charge in [-0.2, -0.15) is 0 Å². The molecule has 0 fully saturated rings. The van der Waals surface area contributed by atoms with Crippen LogP contribution in [0.1, 0.15) is 60.2 Å². The summed E-state index contributed by atoms with van der Waals surface area (Å²) >= 11 is 0. The van der Waals surface area contributed by atoms with Crippen LogP contribution in [0.4, 0.5) is 0 Å². The van der Waals surface area contributed by atoms with Crippen LogP contribution in [0.25, 0.3) is 0 Å². The first-order valence-corrected chi connectivity index (χ1v) is 11.7. The number of para-hydroxylation sites is 1. The number of rotatable bonds is 4. The number of aromatic nitrogens is 1. The first-order valence-electron chi connectivity index (χ1n) is 11.7. The Morgan fingerprint density at radius 2 is 1.94 bits per heavy atom. The number of benzene rings is 1. The molecule has 0 bridgehead atoms. The number of carbonyl (C=O) groups is 2. The Balaban J connectivity index is 1.94. The average Bonchev–Trinajstić information content (AvgIpc) is 2.83. The summed E-state index contributed by atoms with van der Waals surface area (Å²) in [5.74, 6) is 1.25. The maximum Gasteiger partial charge on any atom is 0.257 e. The number of methoxy groups -OCH3 is 1. The minimum absolute atomic E-state index is 0.0398. The highest BCUT2D eigenvalue weighted by atomic mass is 16.5. The van der Waals surface area contributed by atoms with Gasteiger partial charge in [-0.05, 0) is 49.8 Å². The van der Waals surface area contributed by atoms with Crippen LogP contribution >= 0.6 is 0 Å². The third-order valence-electron chi connectivity index (χ3n) is 5.92. The Labute approximate surface area is 196 Å². The number of fused-ring (bicyclic) bond motifs is 1. The molecule has 1 aliphatic heterocycles. The predicted octanol–water partition coefficient (Wildman–Crippen LogP) is 4.28. The van der Waals surface area contributed by atoms with Gasteiger partial charge in [-0.3, -0.25) is 9.59 Å². The molecule has 7 heteroatoms. The fourth-order valence-corrected chi connectivity index (χ4v) is 4.17. The molecule has 2 aromatic rings. The number of carbonyl (C=O) groups excluding carboxylic acids is 2. The van der Waals surface area contributed by atoms with Crippen molar-refractivity contribution in [1.29, 1.82) is 0 Å². The normalized spacial score (nSPS) is 18.0. The Bertz CT molecular complexity index is 947. The number of hydrogen-bond acceptors (Lipinski definition) is 5. The van der Waals surface area contributed by atoms with Crippen molar-refractivity contribution in [3.05, 3.63) is 53.7 Å². The highest BCUT2D eigenvalue weighted by Gasteiger charge is 2.27. The Hall–Kier alpha value is -3.09. The van der Waals surface area contributed by atoms with Crippen LogP contribution in [0.3, 0.4) is 0 Å². The van der Waals surface area contributed by atoms with E-state index in [2.05, 4.69) is 18.8 Å². The summed E-state index contributed by atoms with van der Waals surface area (Å²) < 4.78 is 11.4. The standard InChI is InChI=1S/C26H35N3O4/c1-19(2)16-21-18-33-23-11-7-6-10-22(23)26(31)28(3)14-8-5-9-15-29(21)25(30)20-12-13-27-24(17-20)32-4/h6-7,10-13,17,19,21H,5,8-9,14-16,18H2,1-4H3/t21-/m0/s1. The van der Waals surface area contributed by atoms with Crippen LogP contribution in [0, 0.1) is 5.92 Å². The molecular formula is C26H35N3O4. The molecule has 1 atom stereocenters. The van der Waals surface area contributed by atoms with E-state index in [-0.39, 0.29) is 17.9 Å². The number of nitrogens with zero attached hydrogens (tertiary/aromatic N) is 3. The van der Waals surface area contributed by atoms with E-state index < -0.39 is 0 Å². The number of ether oxygens (including phenoxy) is 2. The van der Waals surface area contributed by atoms with Gasteiger partial charge in [0.05, 0.1) is 18.7 Å². The van der Waals surface area contributed by atoms with Crippen molar-refractivity contribution >= 4 is 11.8 Å². The van der Waals surface area contributed by atoms with Gasteiger partial charge in [-0.15, -0.1) is 0 Å². The molecule has 0 aliphatic carbocycles. The summed E-state index contributed by atoms with van der Waals surface area (Å²) in [7, 11) is 3.37. The minimum atomic E-state index is -0.127. The van der Waals surface area contributed by atoms with Gasteiger partial charge in [0.15, 0.2) is 0 Å². The zero-order chi connectivity index (χ0) is 23.8. The topological polar surface area (TPSA) is 72.0 Å². The second kappa shape index (κ2) is 11.7. The molecule has 1 aromatic carbocycles. The van der Waals surface area contributed by atoms with Gasteiger partial charge in [0, 0.05) is 38.0 Å². The SMILES string of the molecule is COc1cc(C(=O)N2CCCCCN(C)C(=O)c3ccccc3OC[C@@H]2CC(C)C)ccn1. The van der Waals surface area contributed by atoms with Crippen molar-refractivity contribution in [3.63, 3.8) is 0 Å². The molecule has 1 aliphatic rings. The van der Waals surface area contributed by atoms with Crippen LogP contribution in [-0.2, 0) is 0 Å². The quantitative estimate of drug-likeness (QED) is 0.691. The molecule has 33 heavy (non-hydrogen) atoms. The van der Waals surface area contributed by atoms with Crippen molar-refractivity contribution in [2.45, 2.75) is 45.6 Å². The molecule has 2 amide bonds. The van der Waals surface area contributed by atoms with Crippen molar-refractivity contribution in [1.82, 2.24) is 14.8 Å². The second-order valence-electron chi connectivity index (χ2n) is 8.96. The summed E-state index contributed by atoms with van der Waals surface area (Å²) in [6, 6.07) is 10.6. The lowest BCUT2D eigenvalue weighted by Crippen LogP contribution is -2.45. The molecule has 3 rings (SSSR count). The molecule has 0 saturated carbocycles. The molecule has 0 saturated heterocycles. The van der Waals surface area contributed by atoms with E-state index >= 15 is 0 Å². The van der Waals surface area contributed by atoms with E-state index in [1.54, 1.807) is 36.4 Å².